The Hall–Kier alpha value is -3.18. The molecule has 0 amide bonds. The van der Waals surface area contributed by atoms with Crippen molar-refractivity contribution >= 4 is 88.8 Å². The molecule has 0 spiro atoms. The van der Waals surface area contributed by atoms with E-state index in [0.29, 0.717) is 21.4 Å². The number of H-pyrrole nitrogens is 1. The van der Waals surface area contributed by atoms with Crippen LogP contribution in [0.4, 0.5) is 11.9 Å². The number of anilines is 2. The number of fused-ring (bicyclic) bond motifs is 2. The Morgan fingerprint density at radius 1 is 0.833 bits per heavy atom. The average molecular weight is 729 g/mol. The number of aromatic nitrogens is 6. The van der Waals surface area contributed by atoms with Crippen LogP contribution in [0.3, 0.4) is 0 Å². The van der Waals surface area contributed by atoms with E-state index >= 15 is 0 Å². The Kier molecular flexibility index (Phi) is 8.40. The lowest BCUT2D eigenvalue weighted by molar-refractivity contribution is 0.466. The molecule has 0 unspecified atom stereocenters. The summed E-state index contributed by atoms with van der Waals surface area (Å²) in [5.74, 6) is 1.20. The molecule has 1 saturated carbocycles. The molecule has 2 aromatic carbocycles. The van der Waals surface area contributed by atoms with Crippen molar-refractivity contribution in [1.29, 1.82) is 0 Å². The lowest BCUT2D eigenvalue weighted by atomic mass is 10.1. The number of rotatable bonds is 4. The highest BCUT2D eigenvalue weighted by Gasteiger charge is 2.20. The lowest BCUT2D eigenvalue weighted by Gasteiger charge is -2.11. The summed E-state index contributed by atoms with van der Waals surface area (Å²) in [7, 11) is 0. The molecule has 1 aliphatic carbocycles. The molecule has 7 rings (SSSR count). The fourth-order valence-corrected chi connectivity index (χ4v) is 6.62. The van der Waals surface area contributed by atoms with E-state index in [0.717, 1.165) is 48.8 Å². The Morgan fingerprint density at radius 2 is 1.43 bits per heavy atom. The van der Waals surface area contributed by atoms with Gasteiger partial charge in [0.1, 0.15) is 0 Å². The number of halogens is 4. The summed E-state index contributed by atoms with van der Waals surface area (Å²) in [5, 5.41) is 3.15. The van der Waals surface area contributed by atoms with E-state index in [1.807, 2.05) is 24.4 Å². The van der Waals surface area contributed by atoms with E-state index in [-0.39, 0.29) is 11.9 Å². The minimum absolute atomic E-state index is 0.207. The van der Waals surface area contributed by atoms with Gasteiger partial charge in [0.2, 0.25) is 11.9 Å². The summed E-state index contributed by atoms with van der Waals surface area (Å²) in [6, 6.07) is 12.3. The second-order valence-corrected chi connectivity index (χ2v) is 12.9. The Morgan fingerprint density at radius 3 is 2.10 bits per heavy atom. The number of hydrogen-bond acceptors (Lipinski definition) is 6. The minimum Gasteiger partial charge on any atom is -0.368 e. The molecule has 0 saturated heterocycles. The molecule has 0 aliphatic heterocycles. The van der Waals surface area contributed by atoms with E-state index in [1.54, 1.807) is 6.20 Å². The summed E-state index contributed by atoms with van der Waals surface area (Å²) >= 11 is 19.5. The predicted octanol–water partition coefficient (Wildman–Crippen LogP) is 8.91. The van der Waals surface area contributed by atoms with Crippen molar-refractivity contribution in [2.75, 3.05) is 11.5 Å². The van der Waals surface area contributed by atoms with E-state index < -0.39 is 0 Å². The molecule has 12 heteroatoms. The highest BCUT2D eigenvalue weighted by molar-refractivity contribution is 9.10. The second kappa shape index (κ2) is 12.2. The largest absolute Gasteiger partial charge is 0.368 e. The summed E-state index contributed by atoms with van der Waals surface area (Å²) < 4.78 is 4.36. The Balaban J connectivity index is 0.000000157. The SMILES string of the molecule is Nc1ncc(Cl)c(-c2c[nH]c3ccc(Br)cc23)n1.Nc1ncc(Cl)c(-c2cn(CC3CCCC3)c3ccc(Br)cc23)n1. The maximum atomic E-state index is 6.35. The molecule has 8 nitrogen and oxygen atoms in total. The average Bonchev–Trinajstić information content (AvgIpc) is 3.71. The van der Waals surface area contributed by atoms with Gasteiger partial charge in [-0.1, -0.05) is 67.9 Å². The Labute approximate surface area is 269 Å². The monoisotopic (exact) mass is 726 g/mol. The number of hydrogen-bond donors (Lipinski definition) is 3. The quantitative estimate of drug-likeness (QED) is 0.167. The van der Waals surface area contributed by atoms with Crippen molar-refractivity contribution in [3.05, 3.63) is 80.2 Å². The van der Waals surface area contributed by atoms with E-state index in [2.05, 4.69) is 85.7 Å². The number of nitrogens with one attached hydrogen (secondary N) is 1. The zero-order valence-electron chi connectivity index (χ0n) is 22.3. The maximum absolute atomic E-state index is 6.35. The van der Waals surface area contributed by atoms with Crippen LogP contribution >= 0.6 is 55.1 Å². The number of benzene rings is 2. The fraction of sp³-hybridized carbons (Fsp3) is 0.200. The third kappa shape index (κ3) is 5.99. The van der Waals surface area contributed by atoms with Crippen molar-refractivity contribution in [3.8, 4) is 22.5 Å². The van der Waals surface area contributed by atoms with Crippen LogP contribution in [0, 0.1) is 5.92 Å². The van der Waals surface area contributed by atoms with Crippen LogP contribution in [0.25, 0.3) is 44.3 Å². The third-order valence-electron chi connectivity index (χ3n) is 7.45. The number of nitrogens with zero attached hydrogens (tertiary/aromatic N) is 5. The van der Waals surface area contributed by atoms with Gasteiger partial charge in [0, 0.05) is 60.8 Å². The van der Waals surface area contributed by atoms with Gasteiger partial charge in [0.25, 0.3) is 0 Å². The van der Waals surface area contributed by atoms with Crippen LogP contribution in [-0.2, 0) is 6.54 Å². The third-order valence-corrected chi connectivity index (χ3v) is 8.99. The van der Waals surface area contributed by atoms with Crippen LogP contribution in [-0.4, -0.2) is 29.5 Å². The summed E-state index contributed by atoms with van der Waals surface area (Å²) in [4.78, 5) is 19.6. The van der Waals surface area contributed by atoms with Gasteiger partial charge in [-0.05, 0) is 55.2 Å². The molecule has 0 radical (unpaired) electrons. The van der Waals surface area contributed by atoms with Crippen LogP contribution in [0.1, 0.15) is 25.7 Å². The van der Waals surface area contributed by atoms with Gasteiger partial charge in [-0.2, -0.15) is 0 Å². The first-order chi connectivity index (χ1) is 20.3. The highest BCUT2D eigenvalue weighted by atomic mass is 79.9. The highest BCUT2D eigenvalue weighted by Crippen LogP contribution is 2.37. The first kappa shape index (κ1) is 28.9. The predicted molar refractivity (Wildman–Crippen MR) is 178 cm³/mol. The van der Waals surface area contributed by atoms with E-state index in [9.17, 15) is 0 Å². The molecular formula is C30H26Br2Cl2N8. The van der Waals surface area contributed by atoms with Crippen molar-refractivity contribution in [2.45, 2.75) is 32.2 Å². The number of aromatic amines is 1. The van der Waals surface area contributed by atoms with Crippen LogP contribution < -0.4 is 11.5 Å². The molecule has 0 bridgehead atoms. The van der Waals surface area contributed by atoms with E-state index in [4.69, 9.17) is 34.7 Å². The minimum atomic E-state index is 0.207. The zero-order chi connectivity index (χ0) is 29.4. The standard InChI is InChI=1S/C18H18BrClN4.C12H8BrClN4/c19-12-5-6-16-13(7-12)14(17-15(20)8-22-18(21)23-17)10-24(16)9-11-3-1-2-4-11;13-6-1-2-10-7(3-6)8(4-16-10)11-9(14)5-17-12(15)18-11/h5-8,10-11H,1-4,9H2,(H2,21,22,23);1-5,16H,(H2,15,17,18). The first-order valence-corrected chi connectivity index (χ1v) is 15.7. The molecule has 5 N–H and O–H groups in total. The molecular weight excluding hydrogens is 703 g/mol. The lowest BCUT2D eigenvalue weighted by Crippen LogP contribution is -2.05. The number of nitrogen functional groups attached to an aromatic ring is 2. The van der Waals surface area contributed by atoms with Gasteiger partial charge in [0.15, 0.2) is 0 Å². The summed E-state index contributed by atoms with van der Waals surface area (Å²) in [6.07, 6.45) is 12.4. The smallest absolute Gasteiger partial charge is 0.220 e. The normalized spacial score (nSPS) is 13.5. The van der Waals surface area contributed by atoms with Gasteiger partial charge in [-0.15, -0.1) is 0 Å². The van der Waals surface area contributed by atoms with Crippen molar-refractivity contribution in [2.24, 2.45) is 5.92 Å². The van der Waals surface area contributed by atoms with Gasteiger partial charge < -0.3 is 21.0 Å². The molecule has 214 valence electrons. The molecule has 0 atom stereocenters. The van der Waals surface area contributed by atoms with Crippen molar-refractivity contribution in [1.82, 2.24) is 29.5 Å². The Bertz CT molecular complexity index is 1910. The van der Waals surface area contributed by atoms with Crippen LogP contribution in [0.2, 0.25) is 10.0 Å². The zero-order valence-corrected chi connectivity index (χ0v) is 27.0. The van der Waals surface area contributed by atoms with Gasteiger partial charge in [-0.3, -0.25) is 0 Å². The molecule has 1 fully saturated rings. The molecule has 1 aliphatic rings. The van der Waals surface area contributed by atoms with Crippen LogP contribution in [0.15, 0.2) is 70.1 Å². The molecule has 4 aromatic heterocycles. The summed E-state index contributed by atoms with van der Waals surface area (Å²) in [5.41, 5.74) is 16.8. The molecule has 6 aromatic rings. The van der Waals surface area contributed by atoms with Crippen LogP contribution in [0.5, 0.6) is 0 Å². The molecule has 4 heterocycles. The van der Waals surface area contributed by atoms with Crippen molar-refractivity contribution in [3.63, 3.8) is 0 Å². The van der Waals surface area contributed by atoms with Crippen molar-refractivity contribution < 1.29 is 0 Å². The number of nitrogens with two attached hydrogens (primary N) is 2. The molecule has 42 heavy (non-hydrogen) atoms. The van der Waals surface area contributed by atoms with Gasteiger partial charge in [0.05, 0.1) is 33.8 Å². The van der Waals surface area contributed by atoms with Gasteiger partial charge in [-0.25, -0.2) is 19.9 Å². The maximum Gasteiger partial charge on any atom is 0.220 e. The fourth-order valence-electron chi connectivity index (χ4n) is 5.51. The summed E-state index contributed by atoms with van der Waals surface area (Å²) in [6.45, 7) is 1.04. The second-order valence-electron chi connectivity index (χ2n) is 10.2. The first-order valence-electron chi connectivity index (χ1n) is 13.4. The van der Waals surface area contributed by atoms with E-state index in [1.165, 1.54) is 37.4 Å². The topological polar surface area (TPSA) is 124 Å². The van der Waals surface area contributed by atoms with Gasteiger partial charge >= 0.3 is 0 Å².